The van der Waals surface area contributed by atoms with Gasteiger partial charge in [0.15, 0.2) is 0 Å². The van der Waals surface area contributed by atoms with Gasteiger partial charge in [-0.05, 0) is 24.6 Å². The number of hydrogen-bond donors (Lipinski definition) is 1. The Morgan fingerprint density at radius 1 is 1.37 bits per heavy atom. The van der Waals surface area contributed by atoms with Crippen LogP contribution in [0.5, 0.6) is 11.6 Å². The molecule has 19 heavy (non-hydrogen) atoms. The molecule has 0 fully saturated rings. The van der Waals surface area contributed by atoms with Crippen molar-refractivity contribution < 1.29 is 14.6 Å². The predicted molar refractivity (Wildman–Crippen MR) is 65.0 cm³/mol. The molecule has 0 aliphatic rings. The highest BCUT2D eigenvalue weighted by Gasteiger charge is 2.11. The minimum absolute atomic E-state index is 0.0441. The first-order valence-corrected chi connectivity index (χ1v) is 5.34. The molecule has 94 valence electrons. The SMILES string of the molecule is Cc1ccc(C(=O)O)cc1Oc1nccnc1C#N. The summed E-state index contributed by atoms with van der Waals surface area (Å²) in [5, 5.41) is 17.8. The van der Waals surface area contributed by atoms with E-state index in [0.717, 1.165) is 5.56 Å². The molecule has 1 heterocycles. The number of ether oxygens (including phenoxy) is 1. The van der Waals surface area contributed by atoms with Crippen molar-refractivity contribution in [3.63, 3.8) is 0 Å². The van der Waals surface area contributed by atoms with Gasteiger partial charge in [0.2, 0.25) is 5.69 Å². The van der Waals surface area contributed by atoms with E-state index in [0.29, 0.717) is 5.75 Å². The highest BCUT2D eigenvalue weighted by molar-refractivity contribution is 5.88. The number of carbonyl (C=O) groups is 1. The minimum Gasteiger partial charge on any atom is -0.478 e. The van der Waals surface area contributed by atoms with Crippen molar-refractivity contribution in [2.75, 3.05) is 0 Å². The Kier molecular flexibility index (Phi) is 3.39. The third kappa shape index (κ3) is 2.66. The van der Waals surface area contributed by atoms with E-state index in [9.17, 15) is 4.79 Å². The van der Waals surface area contributed by atoms with Crippen LogP contribution in [-0.2, 0) is 0 Å². The van der Waals surface area contributed by atoms with Gasteiger partial charge in [0.25, 0.3) is 5.88 Å². The van der Waals surface area contributed by atoms with Gasteiger partial charge < -0.3 is 9.84 Å². The van der Waals surface area contributed by atoms with E-state index in [4.69, 9.17) is 15.1 Å². The Bertz CT molecular complexity index is 677. The topological polar surface area (TPSA) is 96.1 Å². The van der Waals surface area contributed by atoms with Crippen LogP contribution in [-0.4, -0.2) is 21.0 Å². The number of rotatable bonds is 3. The molecule has 6 nitrogen and oxygen atoms in total. The van der Waals surface area contributed by atoms with Gasteiger partial charge in [-0.1, -0.05) is 6.07 Å². The smallest absolute Gasteiger partial charge is 0.335 e. The molecule has 1 aromatic heterocycles. The molecule has 0 unspecified atom stereocenters. The second kappa shape index (κ2) is 5.14. The fourth-order valence-corrected chi connectivity index (χ4v) is 1.42. The average molecular weight is 255 g/mol. The number of aryl methyl sites for hydroxylation is 1. The molecule has 0 radical (unpaired) electrons. The lowest BCUT2D eigenvalue weighted by atomic mass is 10.1. The van der Waals surface area contributed by atoms with E-state index in [2.05, 4.69) is 9.97 Å². The number of aromatic carboxylic acids is 1. The van der Waals surface area contributed by atoms with Gasteiger partial charge in [0.1, 0.15) is 11.8 Å². The Hall–Kier alpha value is -2.94. The summed E-state index contributed by atoms with van der Waals surface area (Å²) in [6.07, 6.45) is 2.78. The van der Waals surface area contributed by atoms with E-state index < -0.39 is 5.97 Å². The zero-order valence-corrected chi connectivity index (χ0v) is 9.99. The number of carboxylic acids is 1. The van der Waals surface area contributed by atoms with Gasteiger partial charge in [-0.15, -0.1) is 0 Å². The highest BCUT2D eigenvalue weighted by Crippen LogP contribution is 2.26. The molecule has 2 aromatic rings. The number of nitriles is 1. The lowest BCUT2D eigenvalue weighted by Gasteiger charge is -2.08. The third-order valence-electron chi connectivity index (χ3n) is 2.41. The van der Waals surface area contributed by atoms with E-state index in [-0.39, 0.29) is 17.1 Å². The number of benzene rings is 1. The molecule has 0 atom stereocenters. The molecular formula is C13H9N3O3. The quantitative estimate of drug-likeness (QED) is 0.902. The molecule has 0 aliphatic carbocycles. The normalized spacial score (nSPS) is 9.68. The summed E-state index contributed by atoms with van der Waals surface area (Å²) in [4.78, 5) is 18.6. The van der Waals surface area contributed by atoms with Crippen molar-refractivity contribution in [2.24, 2.45) is 0 Å². The molecule has 0 amide bonds. The summed E-state index contributed by atoms with van der Waals surface area (Å²) >= 11 is 0. The van der Waals surface area contributed by atoms with Crippen LogP contribution in [0.15, 0.2) is 30.6 Å². The summed E-state index contributed by atoms with van der Waals surface area (Å²) < 4.78 is 5.46. The van der Waals surface area contributed by atoms with E-state index in [1.165, 1.54) is 24.5 Å². The summed E-state index contributed by atoms with van der Waals surface area (Å²) in [5.41, 5.74) is 0.880. The first kappa shape index (κ1) is 12.5. The van der Waals surface area contributed by atoms with E-state index in [1.807, 2.05) is 6.07 Å². The van der Waals surface area contributed by atoms with Gasteiger partial charge in [0.05, 0.1) is 5.56 Å². The van der Waals surface area contributed by atoms with Crippen molar-refractivity contribution in [3.8, 4) is 17.7 Å². The maximum atomic E-state index is 10.9. The average Bonchev–Trinajstić information content (AvgIpc) is 2.41. The second-order valence-electron chi connectivity index (χ2n) is 3.71. The van der Waals surface area contributed by atoms with Gasteiger partial charge in [-0.25, -0.2) is 14.8 Å². The van der Waals surface area contributed by atoms with Crippen LogP contribution >= 0.6 is 0 Å². The molecule has 0 aliphatic heterocycles. The summed E-state index contributed by atoms with van der Waals surface area (Å²) in [7, 11) is 0. The molecule has 2 rings (SSSR count). The van der Waals surface area contributed by atoms with Crippen molar-refractivity contribution in [1.29, 1.82) is 5.26 Å². The lowest BCUT2D eigenvalue weighted by Crippen LogP contribution is -1.99. The Morgan fingerprint density at radius 3 is 2.79 bits per heavy atom. The van der Waals surface area contributed by atoms with Crippen LogP contribution in [0.25, 0.3) is 0 Å². The molecule has 0 saturated carbocycles. The van der Waals surface area contributed by atoms with Crippen molar-refractivity contribution >= 4 is 5.97 Å². The number of aromatic nitrogens is 2. The first-order chi connectivity index (χ1) is 9.11. The Balaban J connectivity index is 2.41. The fourth-order valence-electron chi connectivity index (χ4n) is 1.42. The van der Waals surface area contributed by atoms with Gasteiger partial charge in [-0.3, -0.25) is 0 Å². The third-order valence-corrected chi connectivity index (χ3v) is 2.41. The number of hydrogen-bond acceptors (Lipinski definition) is 5. The molecule has 0 bridgehead atoms. The molecule has 1 aromatic carbocycles. The Labute approximate surface area is 108 Å². The molecule has 1 N–H and O–H groups in total. The maximum Gasteiger partial charge on any atom is 0.335 e. The molecular weight excluding hydrogens is 246 g/mol. The van der Waals surface area contributed by atoms with Gasteiger partial charge in [-0.2, -0.15) is 5.26 Å². The van der Waals surface area contributed by atoms with Crippen LogP contribution in [0.4, 0.5) is 0 Å². The number of carboxylic acid groups (broad SMARTS) is 1. The zero-order valence-electron chi connectivity index (χ0n) is 9.99. The maximum absolute atomic E-state index is 10.9. The predicted octanol–water partition coefficient (Wildman–Crippen LogP) is 2.15. The molecule has 0 saturated heterocycles. The van der Waals surface area contributed by atoms with Crippen LogP contribution in [0, 0.1) is 18.3 Å². The second-order valence-corrected chi connectivity index (χ2v) is 3.71. The first-order valence-electron chi connectivity index (χ1n) is 5.34. The number of nitrogens with zero attached hydrogens (tertiary/aromatic N) is 3. The standard InChI is InChI=1S/C13H9N3O3/c1-8-2-3-9(13(17)18)6-11(8)19-12-10(7-14)15-4-5-16-12/h2-6H,1H3,(H,17,18). The zero-order chi connectivity index (χ0) is 13.8. The lowest BCUT2D eigenvalue weighted by molar-refractivity contribution is 0.0696. The summed E-state index contributed by atoms with van der Waals surface area (Å²) in [6.45, 7) is 1.77. The van der Waals surface area contributed by atoms with Crippen molar-refractivity contribution in [2.45, 2.75) is 6.92 Å². The fraction of sp³-hybridized carbons (Fsp3) is 0.0769. The molecule has 6 heteroatoms. The van der Waals surface area contributed by atoms with Crippen molar-refractivity contribution in [1.82, 2.24) is 9.97 Å². The van der Waals surface area contributed by atoms with Crippen LogP contribution < -0.4 is 4.74 Å². The largest absolute Gasteiger partial charge is 0.478 e. The monoisotopic (exact) mass is 255 g/mol. The van der Waals surface area contributed by atoms with Crippen LogP contribution in [0.1, 0.15) is 21.6 Å². The van der Waals surface area contributed by atoms with Crippen LogP contribution in [0.3, 0.4) is 0 Å². The van der Waals surface area contributed by atoms with E-state index in [1.54, 1.807) is 13.0 Å². The summed E-state index contributed by atoms with van der Waals surface area (Å²) in [6, 6.07) is 6.34. The highest BCUT2D eigenvalue weighted by atomic mass is 16.5. The summed E-state index contributed by atoms with van der Waals surface area (Å²) in [5.74, 6) is -0.669. The van der Waals surface area contributed by atoms with Gasteiger partial charge in [0, 0.05) is 12.4 Å². The Morgan fingerprint density at radius 2 is 2.11 bits per heavy atom. The van der Waals surface area contributed by atoms with Crippen molar-refractivity contribution in [3.05, 3.63) is 47.4 Å². The van der Waals surface area contributed by atoms with Crippen LogP contribution in [0.2, 0.25) is 0 Å². The van der Waals surface area contributed by atoms with E-state index >= 15 is 0 Å². The minimum atomic E-state index is -1.05. The molecule has 0 spiro atoms. The van der Waals surface area contributed by atoms with Gasteiger partial charge >= 0.3 is 5.97 Å².